The minimum absolute atomic E-state index is 0.0224. The van der Waals surface area contributed by atoms with Gasteiger partial charge in [0.2, 0.25) is 0 Å². The van der Waals surface area contributed by atoms with E-state index in [-0.39, 0.29) is 50.0 Å². The first-order valence-electron chi connectivity index (χ1n) is 18.1. The van der Waals surface area contributed by atoms with Gasteiger partial charge in [-0.25, -0.2) is 9.59 Å². The molecule has 2 fully saturated rings. The van der Waals surface area contributed by atoms with Crippen LogP contribution in [0.4, 0.5) is 10.5 Å². The van der Waals surface area contributed by atoms with Crippen LogP contribution in [0.15, 0.2) is 84.4 Å². The molecule has 7 atom stereocenters. The summed E-state index contributed by atoms with van der Waals surface area (Å²) < 4.78 is 41.5. The van der Waals surface area contributed by atoms with Gasteiger partial charge >= 0.3 is 12.1 Å². The average Bonchev–Trinajstić information content (AvgIpc) is 3.50. The Morgan fingerprint density at radius 3 is 2.31 bits per heavy atom. The summed E-state index contributed by atoms with van der Waals surface area (Å²) in [5.74, 6) is -0.763. The second-order valence-corrected chi connectivity index (χ2v) is 13.2. The molecule has 3 aromatic carbocycles. The number of aliphatic hydroxyl groups is 1. The topological polar surface area (TPSA) is 165 Å². The Morgan fingerprint density at radius 1 is 1.00 bits per heavy atom. The van der Waals surface area contributed by atoms with Crippen LogP contribution in [0.3, 0.4) is 0 Å². The van der Waals surface area contributed by atoms with Crippen molar-refractivity contribution in [3.63, 3.8) is 0 Å². The molecule has 288 valence electrons. The number of likely N-dealkylation sites (N-methyl/N-ethyl adjacent to an activating group) is 1. The standard InChI is InChI=1S/C40H46N2O12/c1-5-41(40(45)52-22-31-28-16-10-8-14-26(28)27-15-9-11-17-29(27)31)33-23-50-36(20-34(33)48-4)54-38-37(44)30(19-35(43)49-6-2)24(3)53-39(38)51-21-25-13-7-12-18-32(25)42(46)47/h7-19,24,31,33-34,36-39,44H,5-6,20-23H2,1-4H3/b30-19+/t24-,33+,34+,36+,37+,38-,39-/m1/s1. The maximum Gasteiger partial charge on any atom is 0.410 e. The SMILES string of the molecule is CCOC(=O)/C=C1\[C@@H](C)O[C@@H](OCc2ccccc2[N+](=O)[O-])[C@H](O[C@H]2C[C@H](OC)[C@@H](N(CC)C(=O)OCC3c4ccccc4-c4ccccc43)CO2)[C@H]1O. The smallest absolute Gasteiger partial charge is 0.410 e. The zero-order chi connectivity index (χ0) is 38.4. The van der Waals surface area contributed by atoms with Crippen LogP contribution in [0.1, 0.15) is 49.8 Å². The number of fused-ring (bicyclic) bond motifs is 3. The zero-order valence-electron chi connectivity index (χ0n) is 30.7. The zero-order valence-corrected chi connectivity index (χ0v) is 30.7. The third-order valence-electron chi connectivity index (χ3n) is 10.1. The van der Waals surface area contributed by atoms with Crippen molar-refractivity contribution >= 4 is 17.7 Å². The third kappa shape index (κ3) is 8.33. The summed E-state index contributed by atoms with van der Waals surface area (Å²) in [7, 11) is 1.53. The van der Waals surface area contributed by atoms with Gasteiger partial charge < -0.3 is 43.2 Å². The molecule has 6 rings (SSSR count). The Balaban J connectivity index is 1.14. The number of hydrogen-bond acceptors (Lipinski definition) is 12. The summed E-state index contributed by atoms with van der Waals surface area (Å²) in [4.78, 5) is 38.8. The van der Waals surface area contributed by atoms with E-state index in [0.717, 1.165) is 28.3 Å². The number of nitrogens with zero attached hydrogens (tertiary/aromatic N) is 2. The van der Waals surface area contributed by atoms with Crippen molar-refractivity contribution < 1.29 is 52.8 Å². The maximum atomic E-state index is 13.7. The number of esters is 1. The van der Waals surface area contributed by atoms with Gasteiger partial charge in [-0.05, 0) is 54.7 Å². The fourth-order valence-electron chi connectivity index (χ4n) is 7.43. The van der Waals surface area contributed by atoms with Crippen molar-refractivity contribution in [3.05, 3.63) is 111 Å². The molecule has 3 aromatic rings. The largest absolute Gasteiger partial charge is 0.463 e. The van der Waals surface area contributed by atoms with Crippen LogP contribution < -0.4 is 0 Å². The highest BCUT2D eigenvalue weighted by Crippen LogP contribution is 2.44. The molecule has 0 aromatic heterocycles. The molecule has 0 spiro atoms. The molecule has 2 aliphatic heterocycles. The van der Waals surface area contributed by atoms with Crippen molar-refractivity contribution in [2.75, 3.05) is 33.5 Å². The van der Waals surface area contributed by atoms with E-state index in [1.165, 1.54) is 13.2 Å². The second kappa shape index (κ2) is 17.6. The van der Waals surface area contributed by atoms with E-state index in [0.29, 0.717) is 12.1 Å². The summed E-state index contributed by atoms with van der Waals surface area (Å²) >= 11 is 0. The first kappa shape index (κ1) is 39.0. The number of carbonyl (C=O) groups is 2. The summed E-state index contributed by atoms with van der Waals surface area (Å²) in [5.41, 5.74) is 4.85. The van der Waals surface area contributed by atoms with E-state index in [2.05, 4.69) is 24.3 Å². The Kier molecular flexibility index (Phi) is 12.7. The maximum absolute atomic E-state index is 13.7. The van der Waals surface area contributed by atoms with Crippen molar-refractivity contribution in [1.29, 1.82) is 0 Å². The number of aliphatic hydroxyl groups excluding tert-OH is 1. The molecular weight excluding hydrogens is 700 g/mol. The highest BCUT2D eigenvalue weighted by Gasteiger charge is 2.46. The molecule has 1 amide bonds. The number of rotatable bonds is 13. The monoisotopic (exact) mass is 746 g/mol. The van der Waals surface area contributed by atoms with Crippen molar-refractivity contribution in [1.82, 2.24) is 4.90 Å². The molecule has 14 heteroatoms. The number of para-hydroxylation sites is 1. The Labute approximate surface area is 313 Å². The molecule has 0 unspecified atom stereocenters. The van der Waals surface area contributed by atoms with E-state index in [4.69, 9.17) is 33.2 Å². The highest BCUT2D eigenvalue weighted by molar-refractivity contribution is 5.83. The number of benzene rings is 3. The van der Waals surface area contributed by atoms with Gasteiger partial charge in [-0.15, -0.1) is 0 Å². The van der Waals surface area contributed by atoms with Crippen LogP contribution in [0, 0.1) is 10.1 Å². The van der Waals surface area contributed by atoms with Crippen LogP contribution in [0.25, 0.3) is 11.1 Å². The molecule has 1 aliphatic carbocycles. The number of nitro groups is 1. The van der Waals surface area contributed by atoms with Gasteiger partial charge in [0.1, 0.15) is 18.8 Å². The highest BCUT2D eigenvalue weighted by atomic mass is 16.7. The van der Waals surface area contributed by atoms with Crippen LogP contribution in [-0.2, 0) is 44.6 Å². The molecule has 0 bridgehead atoms. The summed E-state index contributed by atoms with van der Waals surface area (Å²) in [5, 5.41) is 23.2. The number of ether oxygens (including phenoxy) is 7. The predicted molar refractivity (Wildman–Crippen MR) is 194 cm³/mol. The molecule has 0 radical (unpaired) electrons. The van der Waals surface area contributed by atoms with E-state index in [1.54, 1.807) is 36.9 Å². The van der Waals surface area contributed by atoms with E-state index in [1.807, 2.05) is 31.2 Å². The normalized spacial score (nSPS) is 25.8. The lowest BCUT2D eigenvalue weighted by atomic mass is 9.95. The Hall–Kier alpha value is -4.70. The average molecular weight is 747 g/mol. The van der Waals surface area contributed by atoms with Crippen LogP contribution in [-0.4, -0.2) is 104 Å². The first-order chi connectivity index (χ1) is 26.1. The Bertz CT molecular complexity index is 1790. The summed E-state index contributed by atoms with van der Waals surface area (Å²) in [6.07, 6.45) is -5.33. The van der Waals surface area contributed by atoms with E-state index >= 15 is 0 Å². The Morgan fingerprint density at radius 2 is 1.67 bits per heavy atom. The van der Waals surface area contributed by atoms with Gasteiger partial charge in [-0.3, -0.25) is 10.1 Å². The van der Waals surface area contributed by atoms with Crippen LogP contribution in [0.2, 0.25) is 0 Å². The fraction of sp³-hybridized carbons (Fsp3) is 0.450. The molecule has 1 N–H and O–H groups in total. The quantitative estimate of drug-likeness (QED) is 0.101. The second-order valence-electron chi connectivity index (χ2n) is 13.2. The summed E-state index contributed by atoms with van der Waals surface area (Å²) in [6, 6.07) is 21.9. The van der Waals surface area contributed by atoms with Crippen LogP contribution >= 0.6 is 0 Å². The van der Waals surface area contributed by atoms with Crippen LogP contribution in [0.5, 0.6) is 0 Å². The van der Waals surface area contributed by atoms with Gasteiger partial charge in [0.05, 0.1) is 48.6 Å². The molecule has 0 saturated carbocycles. The predicted octanol–water partition coefficient (Wildman–Crippen LogP) is 5.49. The molecule has 14 nitrogen and oxygen atoms in total. The number of amides is 1. The molecular formula is C40H46N2O12. The fourth-order valence-corrected chi connectivity index (χ4v) is 7.43. The number of methoxy groups -OCH3 is 1. The number of hydrogen-bond donors (Lipinski definition) is 1. The minimum atomic E-state index is -1.40. The van der Waals surface area contributed by atoms with E-state index < -0.39 is 60.0 Å². The van der Waals surface area contributed by atoms with Gasteiger partial charge in [0, 0.05) is 38.1 Å². The first-order valence-corrected chi connectivity index (χ1v) is 18.1. The lowest BCUT2D eigenvalue weighted by Crippen LogP contribution is -2.57. The summed E-state index contributed by atoms with van der Waals surface area (Å²) in [6.45, 7) is 5.57. The third-order valence-corrected chi connectivity index (χ3v) is 10.1. The van der Waals surface area contributed by atoms with Crippen molar-refractivity contribution in [3.8, 4) is 11.1 Å². The number of carbonyl (C=O) groups excluding carboxylic acids is 2. The van der Waals surface area contributed by atoms with Crippen molar-refractivity contribution in [2.24, 2.45) is 0 Å². The van der Waals surface area contributed by atoms with E-state index in [9.17, 15) is 24.8 Å². The minimum Gasteiger partial charge on any atom is -0.463 e. The lowest BCUT2D eigenvalue weighted by Gasteiger charge is -2.44. The lowest BCUT2D eigenvalue weighted by molar-refractivity contribution is -0.386. The van der Waals surface area contributed by atoms with Crippen molar-refractivity contribution in [2.45, 2.75) is 82.8 Å². The van der Waals surface area contributed by atoms with Gasteiger partial charge in [0.25, 0.3) is 5.69 Å². The van der Waals surface area contributed by atoms with Gasteiger partial charge in [0.15, 0.2) is 12.6 Å². The number of nitro benzene ring substituents is 1. The van der Waals surface area contributed by atoms with Gasteiger partial charge in [-0.2, -0.15) is 0 Å². The van der Waals surface area contributed by atoms with Gasteiger partial charge in [-0.1, -0.05) is 60.7 Å². The molecule has 3 aliphatic rings. The molecule has 2 saturated heterocycles. The molecule has 54 heavy (non-hydrogen) atoms. The molecule has 2 heterocycles.